The summed E-state index contributed by atoms with van der Waals surface area (Å²) in [5, 5.41) is 15.1. The molecule has 0 bridgehead atoms. The fourth-order valence-corrected chi connectivity index (χ4v) is 5.31. The highest BCUT2D eigenvalue weighted by Crippen LogP contribution is 2.44. The molecule has 2 amide bonds. The smallest absolute Gasteiger partial charge is 0.407 e. The summed E-state index contributed by atoms with van der Waals surface area (Å²) in [6.45, 7) is 4.05. The number of carbonyl (C=O) groups excluding carboxylic acids is 2. The number of alkyl carbamates (subject to hydrolysis) is 1. The molecule has 0 aliphatic heterocycles. The van der Waals surface area contributed by atoms with Gasteiger partial charge in [-0.15, -0.1) is 0 Å². The van der Waals surface area contributed by atoms with Crippen molar-refractivity contribution in [1.29, 1.82) is 0 Å². The first-order valence-electron chi connectivity index (χ1n) is 12.5. The summed E-state index contributed by atoms with van der Waals surface area (Å²) in [5.74, 6) is -1.71. The van der Waals surface area contributed by atoms with Gasteiger partial charge in [0.2, 0.25) is 5.91 Å². The van der Waals surface area contributed by atoms with Crippen LogP contribution in [0.15, 0.2) is 48.5 Å². The lowest BCUT2D eigenvalue weighted by Gasteiger charge is -2.30. The van der Waals surface area contributed by atoms with Gasteiger partial charge in [-0.25, -0.2) is 4.79 Å². The van der Waals surface area contributed by atoms with E-state index >= 15 is 0 Å². The summed E-state index contributed by atoms with van der Waals surface area (Å²) in [6, 6.07) is 15.3. The number of amides is 2. The number of hydrogen-bond acceptors (Lipinski definition) is 4. The van der Waals surface area contributed by atoms with Gasteiger partial charge in [-0.2, -0.15) is 0 Å². The highest BCUT2D eigenvalue weighted by Gasteiger charge is 2.33. The number of carbonyl (C=O) groups is 3. The zero-order chi connectivity index (χ0) is 24.9. The van der Waals surface area contributed by atoms with Gasteiger partial charge in [0.15, 0.2) is 0 Å². The SMILES string of the molecule is CC[C@H](C)[C@H](NC(=O)OCC1c2ccccc2-c2ccccc21)C(=O)NC1CCCC(C(=O)O)C1. The van der Waals surface area contributed by atoms with Crippen LogP contribution < -0.4 is 10.6 Å². The maximum absolute atomic E-state index is 13.1. The van der Waals surface area contributed by atoms with Crippen molar-refractivity contribution in [1.82, 2.24) is 10.6 Å². The van der Waals surface area contributed by atoms with E-state index in [4.69, 9.17) is 4.74 Å². The largest absolute Gasteiger partial charge is 0.481 e. The van der Waals surface area contributed by atoms with Crippen LogP contribution in [0, 0.1) is 11.8 Å². The molecule has 0 saturated heterocycles. The third kappa shape index (κ3) is 5.50. The van der Waals surface area contributed by atoms with Gasteiger partial charge >= 0.3 is 12.1 Å². The molecule has 1 fully saturated rings. The first-order chi connectivity index (χ1) is 16.9. The van der Waals surface area contributed by atoms with E-state index in [-0.39, 0.29) is 30.4 Å². The topological polar surface area (TPSA) is 105 Å². The molecule has 3 N–H and O–H groups in total. The second kappa shape index (κ2) is 10.9. The molecule has 2 aliphatic carbocycles. The van der Waals surface area contributed by atoms with Crippen LogP contribution in [0.25, 0.3) is 11.1 Å². The van der Waals surface area contributed by atoms with E-state index in [1.165, 1.54) is 0 Å². The molecule has 2 aliphatic rings. The van der Waals surface area contributed by atoms with Gasteiger partial charge in [-0.3, -0.25) is 9.59 Å². The Labute approximate surface area is 206 Å². The highest BCUT2D eigenvalue weighted by atomic mass is 16.5. The Hall–Kier alpha value is -3.35. The summed E-state index contributed by atoms with van der Waals surface area (Å²) in [6.07, 6.45) is 2.63. The Kier molecular flexibility index (Phi) is 7.73. The summed E-state index contributed by atoms with van der Waals surface area (Å²) in [5.41, 5.74) is 4.56. The van der Waals surface area contributed by atoms with Gasteiger partial charge in [0.1, 0.15) is 12.6 Å². The van der Waals surface area contributed by atoms with Gasteiger partial charge < -0.3 is 20.5 Å². The summed E-state index contributed by atoms with van der Waals surface area (Å²) >= 11 is 0. The second-order valence-electron chi connectivity index (χ2n) is 9.74. The van der Waals surface area contributed by atoms with E-state index < -0.39 is 24.0 Å². The Morgan fingerprint density at radius 1 is 1.03 bits per heavy atom. The molecule has 4 rings (SSSR count). The summed E-state index contributed by atoms with van der Waals surface area (Å²) in [7, 11) is 0. The summed E-state index contributed by atoms with van der Waals surface area (Å²) in [4.78, 5) is 37.3. The van der Waals surface area contributed by atoms with Crippen LogP contribution in [0.1, 0.15) is 63.0 Å². The Bertz CT molecular complexity index is 1040. The minimum Gasteiger partial charge on any atom is -0.481 e. The van der Waals surface area contributed by atoms with Crippen LogP contribution in [-0.4, -0.2) is 41.8 Å². The maximum Gasteiger partial charge on any atom is 0.407 e. The van der Waals surface area contributed by atoms with Crippen LogP contribution >= 0.6 is 0 Å². The molecule has 35 heavy (non-hydrogen) atoms. The average molecular weight is 479 g/mol. The number of benzene rings is 2. The lowest BCUT2D eigenvalue weighted by atomic mass is 9.85. The standard InChI is InChI=1S/C28H34N2O5/c1-3-17(2)25(26(31)29-19-10-8-9-18(15-19)27(32)33)30-28(34)35-16-24-22-13-6-4-11-20(22)21-12-5-7-14-23(21)24/h4-7,11-14,17-19,24-25H,3,8-10,15-16H2,1-2H3,(H,29,31)(H,30,34)(H,32,33)/t17-,18?,19?,25-/m0/s1. The normalized spacial score (nSPS) is 20.7. The second-order valence-corrected chi connectivity index (χ2v) is 9.74. The first kappa shape index (κ1) is 24.8. The number of fused-ring (bicyclic) bond motifs is 3. The molecule has 2 unspecified atom stereocenters. The predicted molar refractivity (Wildman–Crippen MR) is 133 cm³/mol. The molecule has 1 saturated carbocycles. The van der Waals surface area contributed by atoms with Crippen molar-refractivity contribution in [2.45, 2.75) is 64.0 Å². The van der Waals surface area contributed by atoms with Crippen molar-refractivity contribution in [2.24, 2.45) is 11.8 Å². The molecule has 4 atom stereocenters. The third-order valence-corrected chi connectivity index (χ3v) is 7.48. The number of carboxylic acids is 1. The van der Waals surface area contributed by atoms with E-state index in [1.807, 2.05) is 38.1 Å². The Morgan fingerprint density at radius 3 is 2.26 bits per heavy atom. The number of ether oxygens (including phenoxy) is 1. The molecule has 0 aromatic heterocycles. The van der Waals surface area contributed by atoms with Crippen molar-refractivity contribution < 1.29 is 24.2 Å². The third-order valence-electron chi connectivity index (χ3n) is 7.48. The zero-order valence-corrected chi connectivity index (χ0v) is 20.3. The summed E-state index contributed by atoms with van der Waals surface area (Å²) < 4.78 is 5.65. The lowest BCUT2D eigenvalue weighted by molar-refractivity contribution is -0.143. The van der Waals surface area contributed by atoms with Crippen LogP contribution in [0.3, 0.4) is 0 Å². The van der Waals surface area contributed by atoms with E-state index in [2.05, 4.69) is 34.9 Å². The fourth-order valence-electron chi connectivity index (χ4n) is 5.31. The molecule has 7 heteroatoms. The quantitative estimate of drug-likeness (QED) is 0.510. The average Bonchev–Trinajstić information content (AvgIpc) is 3.19. The van der Waals surface area contributed by atoms with E-state index in [9.17, 15) is 19.5 Å². The highest BCUT2D eigenvalue weighted by molar-refractivity contribution is 5.86. The van der Waals surface area contributed by atoms with Crippen molar-refractivity contribution >= 4 is 18.0 Å². The zero-order valence-electron chi connectivity index (χ0n) is 20.3. The van der Waals surface area contributed by atoms with Crippen molar-refractivity contribution in [2.75, 3.05) is 6.61 Å². The van der Waals surface area contributed by atoms with Crippen molar-refractivity contribution in [3.63, 3.8) is 0 Å². The Morgan fingerprint density at radius 2 is 1.66 bits per heavy atom. The van der Waals surface area contributed by atoms with Crippen LogP contribution in [0.5, 0.6) is 0 Å². The first-order valence-corrected chi connectivity index (χ1v) is 12.5. The van der Waals surface area contributed by atoms with Gasteiger partial charge in [0.05, 0.1) is 5.92 Å². The van der Waals surface area contributed by atoms with E-state index in [0.29, 0.717) is 19.3 Å². The number of rotatable bonds is 8. The number of hydrogen-bond donors (Lipinski definition) is 3. The number of aliphatic carboxylic acids is 1. The fraction of sp³-hybridized carbons (Fsp3) is 0.464. The van der Waals surface area contributed by atoms with Crippen molar-refractivity contribution in [3.8, 4) is 11.1 Å². The molecule has 0 radical (unpaired) electrons. The van der Waals surface area contributed by atoms with E-state index in [0.717, 1.165) is 35.1 Å². The minimum absolute atomic E-state index is 0.0563. The Balaban J connectivity index is 1.39. The van der Waals surface area contributed by atoms with Gasteiger partial charge in [0, 0.05) is 12.0 Å². The molecule has 7 nitrogen and oxygen atoms in total. The van der Waals surface area contributed by atoms with Crippen LogP contribution in [0.2, 0.25) is 0 Å². The van der Waals surface area contributed by atoms with Gasteiger partial charge in [-0.05, 0) is 47.4 Å². The monoisotopic (exact) mass is 478 g/mol. The number of carboxylic acid groups (broad SMARTS) is 1. The minimum atomic E-state index is -0.820. The van der Waals surface area contributed by atoms with Crippen LogP contribution in [-0.2, 0) is 14.3 Å². The molecule has 2 aromatic rings. The maximum atomic E-state index is 13.1. The van der Waals surface area contributed by atoms with Gasteiger partial charge in [-0.1, -0.05) is 75.2 Å². The van der Waals surface area contributed by atoms with Gasteiger partial charge in [0.25, 0.3) is 0 Å². The molecule has 186 valence electrons. The lowest BCUT2D eigenvalue weighted by Crippen LogP contribution is -2.53. The number of nitrogens with one attached hydrogen (secondary N) is 2. The molecule has 0 heterocycles. The van der Waals surface area contributed by atoms with Crippen molar-refractivity contribution in [3.05, 3.63) is 59.7 Å². The molecule has 0 spiro atoms. The molecule has 2 aromatic carbocycles. The predicted octanol–water partition coefficient (Wildman–Crippen LogP) is 4.70. The van der Waals surface area contributed by atoms with E-state index in [1.54, 1.807) is 0 Å². The molecular weight excluding hydrogens is 444 g/mol. The van der Waals surface area contributed by atoms with Crippen LogP contribution in [0.4, 0.5) is 4.79 Å². The molecular formula is C28H34N2O5.